The number of aliphatic hydroxyl groups excluding tert-OH is 2. The highest BCUT2D eigenvalue weighted by molar-refractivity contribution is 4.89. The number of aliphatic hydroxyl groups is 2. The van der Waals surface area contributed by atoms with Crippen molar-refractivity contribution in [3.05, 3.63) is 0 Å². The van der Waals surface area contributed by atoms with E-state index in [0.717, 1.165) is 39.4 Å². The minimum atomic E-state index is -0.641. The fourth-order valence-corrected chi connectivity index (χ4v) is 2.30. The summed E-state index contributed by atoms with van der Waals surface area (Å²) in [5.74, 6) is 0. The second kappa shape index (κ2) is 5.23. The fraction of sp³-hybridized carbons (Fsp3) is 1.00. The maximum Gasteiger partial charge on any atom is 0.0966 e. The third kappa shape index (κ3) is 2.68. The molecule has 0 spiro atoms. The highest BCUT2D eigenvalue weighted by Gasteiger charge is 2.33. The molecule has 0 radical (unpaired) electrons. The summed E-state index contributed by atoms with van der Waals surface area (Å²) in [6, 6.07) is 0.0198. The SMILES string of the molecule is O[C@@H]1[C@H](O)CCNC[C@H]1N1CCOCC1. The molecule has 0 bridgehead atoms. The third-order valence-electron chi connectivity index (χ3n) is 3.27. The smallest absolute Gasteiger partial charge is 0.0966 e. The van der Waals surface area contributed by atoms with E-state index in [9.17, 15) is 10.2 Å². The molecule has 3 N–H and O–H groups in total. The predicted octanol–water partition coefficient (Wildman–Crippen LogP) is -1.60. The van der Waals surface area contributed by atoms with Gasteiger partial charge in [0.25, 0.3) is 0 Å². The number of hydrogen-bond acceptors (Lipinski definition) is 5. The van der Waals surface area contributed by atoms with Crippen LogP contribution in [0.25, 0.3) is 0 Å². The molecule has 2 heterocycles. The fourth-order valence-electron chi connectivity index (χ4n) is 2.30. The van der Waals surface area contributed by atoms with Gasteiger partial charge in [0.05, 0.1) is 31.5 Å². The summed E-state index contributed by atoms with van der Waals surface area (Å²) in [6.07, 6.45) is -0.618. The lowest BCUT2D eigenvalue weighted by molar-refractivity contribution is -0.0587. The van der Waals surface area contributed by atoms with Gasteiger partial charge in [0.2, 0.25) is 0 Å². The summed E-state index contributed by atoms with van der Waals surface area (Å²) in [4.78, 5) is 2.20. The molecule has 0 aromatic rings. The van der Waals surface area contributed by atoms with Crippen molar-refractivity contribution in [2.75, 3.05) is 39.4 Å². The van der Waals surface area contributed by atoms with Crippen LogP contribution in [0.4, 0.5) is 0 Å². The second-order valence-corrected chi connectivity index (χ2v) is 4.27. The molecule has 0 aromatic heterocycles. The molecule has 0 aliphatic carbocycles. The van der Waals surface area contributed by atoms with Gasteiger partial charge in [0.15, 0.2) is 0 Å². The van der Waals surface area contributed by atoms with Crippen LogP contribution < -0.4 is 5.32 Å². The Morgan fingerprint density at radius 3 is 2.67 bits per heavy atom. The van der Waals surface area contributed by atoms with Gasteiger partial charge in [0.1, 0.15) is 0 Å². The van der Waals surface area contributed by atoms with E-state index in [0.29, 0.717) is 6.42 Å². The maximum absolute atomic E-state index is 10.00. The molecule has 3 atom stereocenters. The first-order chi connectivity index (χ1) is 7.29. The van der Waals surface area contributed by atoms with Crippen LogP contribution in [0.3, 0.4) is 0 Å². The van der Waals surface area contributed by atoms with Crippen molar-refractivity contribution in [3.8, 4) is 0 Å². The molecule has 0 amide bonds. The van der Waals surface area contributed by atoms with Gasteiger partial charge >= 0.3 is 0 Å². The minimum absolute atomic E-state index is 0.0198. The van der Waals surface area contributed by atoms with E-state index in [1.54, 1.807) is 0 Å². The number of hydrogen-bond donors (Lipinski definition) is 3. The van der Waals surface area contributed by atoms with Gasteiger partial charge < -0.3 is 20.3 Å². The molecule has 0 aromatic carbocycles. The first kappa shape index (κ1) is 11.3. The normalized spacial score (nSPS) is 40.0. The topological polar surface area (TPSA) is 65.0 Å². The molecule has 2 rings (SSSR count). The molecule has 5 nitrogen and oxygen atoms in total. The molecule has 5 heteroatoms. The molecule has 0 unspecified atom stereocenters. The number of rotatable bonds is 1. The quantitative estimate of drug-likeness (QED) is 0.493. The summed E-state index contributed by atoms with van der Waals surface area (Å²) in [6.45, 7) is 4.65. The molecule has 2 fully saturated rings. The third-order valence-corrected chi connectivity index (χ3v) is 3.27. The van der Waals surface area contributed by atoms with Gasteiger partial charge in [-0.25, -0.2) is 0 Å². The van der Waals surface area contributed by atoms with E-state index >= 15 is 0 Å². The van der Waals surface area contributed by atoms with Crippen LogP contribution in [-0.2, 0) is 4.74 Å². The van der Waals surface area contributed by atoms with Crippen molar-refractivity contribution in [2.45, 2.75) is 24.7 Å². The van der Waals surface area contributed by atoms with E-state index in [2.05, 4.69) is 10.2 Å². The van der Waals surface area contributed by atoms with Crippen molar-refractivity contribution >= 4 is 0 Å². The first-order valence-corrected chi connectivity index (χ1v) is 5.67. The standard InChI is InChI=1S/C10H20N2O3/c13-9-1-2-11-7-8(10(9)14)12-3-5-15-6-4-12/h8-11,13-14H,1-7H2/t8-,9-,10+/m1/s1. The second-order valence-electron chi connectivity index (χ2n) is 4.27. The van der Waals surface area contributed by atoms with Crippen molar-refractivity contribution < 1.29 is 14.9 Å². The van der Waals surface area contributed by atoms with Crippen LogP contribution >= 0.6 is 0 Å². The van der Waals surface area contributed by atoms with Gasteiger partial charge in [0, 0.05) is 19.6 Å². The Hall–Kier alpha value is -0.200. The minimum Gasteiger partial charge on any atom is -0.390 e. The van der Waals surface area contributed by atoms with E-state index in [1.165, 1.54) is 0 Å². The summed E-state index contributed by atoms with van der Waals surface area (Å²) in [5, 5.41) is 23.0. The lowest BCUT2D eigenvalue weighted by Crippen LogP contribution is -2.54. The molecule has 88 valence electrons. The highest BCUT2D eigenvalue weighted by Crippen LogP contribution is 2.14. The summed E-state index contributed by atoms with van der Waals surface area (Å²) in [5.41, 5.74) is 0. The van der Waals surface area contributed by atoms with Crippen LogP contribution in [0.15, 0.2) is 0 Å². The van der Waals surface area contributed by atoms with E-state index in [-0.39, 0.29) is 6.04 Å². The zero-order chi connectivity index (χ0) is 10.7. The molecule has 2 aliphatic heterocycles. The van der Waals surface area contributed by atoms with Crippen LogP contribution in [-0.4, -0.2) is 72.8 Å². The summed E-state index contributed by atoms with van der Waals surface area (Å²) >= 11 is 0. The first-order valence-electron chi connectivity index (χ1n) is 5.67. The largest absolute Gasteiger partial charge is 0.390 e. The number of nitrogens with zero attached hydrogens (tertiary/aromatic N) is 1. The van der Waals surface area contributed by atoms with Crippen molar-refractivity contribution in [1.29, 1.82) is 0 Å². The number of morpholine rings is 1. The lowest BCUT2D eigenvalue weighted by atomic mass is 10.0. The Kier molecular flexibility index (Phi) is 3.93. The van der Waals surface area contributed by atoms with Crippen LogP contribution in [0, 0.1) is 0 Å². The Labute approximate surface area is 90.0 Å². The summed E-state index contributed by atoms with van der Waals surface area (Å²) in [7, 11) is 0. The highest BCUT2D eigenvalue weighted by atomic mass is 16.5. The van der Waals surface area contributed by atoms with Gasteiger partial charge in [-0.3, -0.25) is 4.90 Å². The van der Waals surface area contributed by atoms with Crippen LogP contribution in [0.2, 0.25) is 0 Å². The average Bonchev–Trinajstić information content (AvgIpc) is 2.44. The Morgan fingerprint density at radius 2 is 1.93 bits per heavy atom. The van der Waals surface area contributed by atoms with Crippen LogP contribution in [0.5, 0.6) is 0 Å². The predicted molar refractivity (Wildman–Crippen MR) is 55.7 cm³/mol. The Bertz CT molecular complexity index is 197. The van der Waals surface area contributed by atoms with Gasteiger partial charge in [-0.15, -0.1) is 0 Å². The number of nitrogens with one attached hydrogen (secondary N) is 1. The molecule has 15 heavy (non-hydrogen) atoms. The maximum atomic E-state index is 10.00. The Morgan fingerprint density at radius 1 is 1.20 bits per heavy atom. The van der Waals surface area contributed by atoms with Crippen molar-refractivity contribution in [3.63, 3.8) is 0 Å². The molecular weight excluding hydrogens is 196 g/mol. The molecular formula is C10H20N2O3. The van der Waals surface area contributed by atoms with Crippen molar-refractivity contribution in [1.82, 2.24) is 10.2 Å². The van der Waals surface area contributed by atoms with Gasteiger partial charge in [-0.05, 0) is 13.0 Å². The van der Waals surface area contributed by atoms with E-state index < -0.39 is 12.2 Å². The molecule has 0 saturated carbocycles. The summed E-state index contributed by atoms with van der Waals surface area (Å²) < 4.78 is 5.28. The lowest BCUT2D eigenvalue weighted by Gasteiger charge is -2.37. The average molecular weight is 216 g/mol. The zero-order valence-corrected chi connectivity index (χ0v) is 8.93. The Balaban J connectivity index is 1.97. The van der Waals surface area contributed by atoms with Crippen LogP contribution in [0.1, 0.15) is 6.42 Å². The number of ether oxygens (including phenoxy) is 1. The van der Waals surface area contributed by atoms with Gasteiger partial charge in [-0.1, -0.05) is 0 Å². The zero-order valence-electron chi connectivity index (χ0n) is 8.93. The molecule has 2 aliphatic rings. The van der Waals surface area contributed by atoms with Crippen molar-refractivity contribution in [2.24, 2.45) is 0 Å². The van der Waals surface area contributed by atoms with E-state index in [1.807, 2.05) is 0 Å². The van der Waals surface area contributed by atoms with Gasteiger partial charge in [-0.2, -0.15) is 0 Å². The monoisotopic (exact) mass is 216 g/mol. The molecule has 2 saturated heterocycles. The van der Waals surface area contributed by atoms with E-state index in [4.69, 9.17) is 4.74 Å².